The number of anilines is 1. The molecule has 0 aliphatic carbocycles. The van der Waals surface area contributed by atoms with Gasteiger partial charge in [0.15, 0.2) is 0 Å². The third-order valence-corrected chi connectivity index (χ3v) is 4.27. The molecular weight excluding hydrogens is 294 g/mol. The summed E-state index contributed by atoms with van der Waals surface area (Å²) in [7, 11) is -3.75. The van der Waals surface area contributed by atoms with Crippen molar-refractivity contribution in [2.75, 3.05) is 11.3 Å². The summed E-state index contributed by atoms with van der Waals surface area (Å²) < 4.78 is 37.5. The third-order valence-electron chi connectivity index (χ3n) is 2.79. The molecule has 0 fully saturated rings. The maximum absolute atomic E-state index is 12.3. The van der Waals surface area contributed by atoms with Crippen molar-refractivity contribution in [3.8, 4) is 5.75 Å². The van der Waals surface area contributed by atoms with E-state index >= 15 is 0 Å². The van der Waals surface area contributed by atoms with E-state index in [1.165, 1.54) is 13.0 Å². The minimum Gasteiger partial charge on any atom is -0.494 e. The Labute approximate surface area is 123 Å². The standard InChI is InChI=1S/C14H17NO5S/c1-3-19-12-6-4-11(5-7-12)15-21(17,18)14-8-13(9-16)20-10(14)2/h4-8,15-16H,3,9H2,1-2H3. The van der Waals surface area contributed by atoms with Gasteiger partial charge in [0.2, 0.25) is 0 Å². The molecule has 2 rings (SSSR count). The zero-order valence-corrected chi connectivity index (χ0v) is 12.6. The van der Waals surface area contributed by atoms with Crippen molar-refractivity contribution in [1.82, 2.24) is 0 Å². The lowest BCUT2D eigenvalue weighted by molar-refractivity contribution is 0.245. The van der Waals surface area contributed by atoms with E-state index in [4.69, 9.17) is 14.3 Å². The molecule has 0 saturated heterocycles. The van der Waals surface area contributed by atoms with Crippen LogP contribution < -0.4 is 9.46 Å². The van der Waals surface area contributed by atoms with Gasteiger partial charge in [0, 0.05) is 11.8 Å². The topological polar surface area (TPSA) is 88.8 Å². The average Bonchev–Trinajstić information content (AvgIpc) is 2.83. The second-order valence-electron chi connectivity index (χ2n) is 4.35. The van der Waals surface area contributed by atoms with Crippen LogP contribution >= 0.6 is 0 Å². The number of sulfonamides is 1. The molecule has 0 radical (unpaired) electrons. The van der Waals surface area contributed by atoms with Crippen LogP contribution in [-0.4, -0.2) is 20.1 Å². The van der Waals surface area contributed by atoms with Crippen LogP contribution in [0.25, 0.3) is 0 Å². The summed E-state index contributed by atoms with van der Waals surface area (Å²) in [5.74, 6) is 1.11. The van der Waals surface area contributed by atoms with Gasteiger partial charge in [-0.3, -0.25) is 4.72 Å². The molecule has 0 atom stereocenters. The Hall–Kier alpha value is -1.99. The molecule has 21 heavy (non-hydrogen) atoms. The summed E-state index contributed by atoms with van der Waals surface area (Å²) >= 11 is 0. The number of aryl methyl sites for hydroxylation is 1. The van der Waals surface area contributed by atoms with Gasteiger partial charge in [-0.15, -0.1) is 0 Å². The van der Waals surface area contributed by atoms with Crippen LogP contribution in [0.1, 0.15) is 18.4 Å². The van der Waals surface area contributed by atoms with E-state index in [2.05, 4.69) is 4.72 Å². The van der Waals surface area contributed by atoms with E-state index < -0.39 is 10.0 Å². The lowest BCUT2D eigenvalue weighted by Gasteiger charge is -2.08. The van der Waals surface area contributed by atoms with E-state index in [0.29, 0.717) is 18.0 Å². The predicted octanol–water partition coefficient (Wildman–Crippen LogP) is 2.28. The Morgan fingerprint density at radius 2 is 1.95 bits per heavy atom. The highest BCUT2D eigenvalue weighted by Crippen LogP contribution is 2.24. The number of hydrogen-bond donors (Lipinski definition) is 2. The first-order valence-corrected chi connectivity index (χ1v) is 7.90. The maximum Gasteiger partial charge on any atom is 0.265 e. The molecule has 0 aliphatic heterocycles. The average molecular weight is 311 g/mol. The van der Waals surface area contributed by atoms with Gasteiger partial charge in [0.25, 0.3) is 10.0 Å². The van der Waals surface area contributed by atoms with Gasteiger partial charge < -0.3 is 14.3 Å². The van der Waals surface area contributed by atoms with Gasteiger partial charge >= 0.3 is 0 Å². The molecule has 1 aromatic carbocycles. The fourth-order valence-electron chi connectivity index (χ4n) is 1.86. The van der Waals surface area contributed by atoms with Crippen LogP contribution in [-0.2, 0) is 16.6 Å². The first kappa shape index (κ1) is 15.4. The quantitative estimate of drug-likeness (QED) is 0.854. The molecule has 6 nitrogen and oxygen atoms in total. The van der Waals surface area contributed by atoms with E-state index in [1.54, 1.807) is 24.3 Å². The highest BCUT2D eigenvalue weighted by atomic mass is 32.2. The van der Waals surface area contributed by atoms with Gasteiger partial charge in [-0.05, 0) is 38.1 Å². The van der Waals surface area contributed by atoms with Crippen molar-refractivity contribution < 1.29 is 22.7 Å². The molecule has 0 saturated carbocycles. The third kappa shape index (κ3) is 3.56. The number of hydrogen-bond acceptors (Lipinski definition) is 5. The first-order valence-electron chi connectivity index (χ1n) is 6.42. The molecule has 0 amide bonds. The second kappa shape index (κ2) is 6.19. The van der Waals surface area contributed by atoms with Crippen LogP contribution in [0.5, 0.6) is 5.75 Å². The lowest BCUT2D eigenvalue weighted by Crippen LogP contribution is -2.13. The van der Waals surface area contributed by atoms with Crippen molar-refractivity contribution in [3.05, 3.63) is 41.9 Å². The van der Waals surface area contributed by atoms with Crippen molar-refractivity contribution in [3.63, 3.8) is 0 Å². The highest BCUT2D eigenvalue weighted by Gasteiger charge is 2.21. The Balaban J connectivity index is 2.22. The highest BCUT2D eigenvalue weighted by molar-refractivity contribution is 7.92. The predicted molar refractivity (Wildman–Crippen MR) is 77.8 cm³/mol. The second-order valence-corrected chi connectivity index (χ2v) is 6.00. The molecule has 1 aromatic heterocycles. The monoisotopic (exact) mass is 311 g/mol. The molecule has 2 N–H and O–H groups in total. The zero-order valence-electron chi connectivity index (χ0n) is 11.8. The van der Waals surface area contributed by atoms with Gasteiger partial charge in [-0.1, -0.05) is 0 Å². The van der Waals surface area contributed by atoms with E-state index in [9.17, 15) is 8.42 Å². The molecule has 0 unspecified atom stereocenters. The summed E-state index contributed by atoms with van der Waals surface area (Å²) in [5.41, 5.74) is 0.421. The first-order chi connectivity index (χ1) is 9.96. The number of aliphatic hydroxyl groups excluding tert-OH is 1. The van der Waals surface area contributed by atoms with E-state index in [-0.39, 0.29) is 23.0 Å². The number of aliphatic hydroxyl groups is 1. The minimum atomic E-state index is -3.75. The maximum atomic E-state index is 12.3. The van der Waals surface area contributed by atoms with Gasteiger partial charge in [-0.25, -0.2) is 8.42 Å². The number of ether oxygens (including phenoxy) is 1. The van der Waals surface area contributed by atoms with Crippen molar-refractivity contribution in [1.29, 1.82) is 0 Å². The number of benzene rings is 1. The minimum absolute atomic E-state index is 0.0143. The Bertz CT molecular complexity index is 703. The van der Waals surface area contributed by atoms with Crippen molar-refractivity contribution >= 4 is 15.7 Å². The van der Waals surface area contributed by atoms with E-state index in [0.717, 1.165) is 0 Å². The number of furan rings is 1. The van der Waals surface area contributed by atoms with Crippen LogP contribution in [0.2, 0.25) is 0 Å². The smallest absolute Gasteiger partial charge is 0.265 e. The van der Waals surface area contributed by atoms with Gasteiger partial charge in [0.1, 0.15) is 28.8 Å². The molecule has 2 aromatic rings. The molecule has 114 valence electrons. The van der Waals surface area contributed by atoms with Crippen molar-refractivity contribution in [2.45, 2.75) is 25.3 Å². The summed E-state index contributed by atoms with van der Waals surface area (Å²) in [5, 5.41) is 8.99. The van der Waals surface area contributed by atoms with Gasteiger partial charge in [-0.2, -0.15) is 0 Å². The van der Waals surface area contributed by atoms with E-state index in [1.807, 2.05) is 6.92 Å². The van der Waals surface area contributed by atoms with Crippen molar-refractivity contribution in [2.24, 2.45) is 0 Å². The summed E-state index contributed by atoms with van der Waals surface area (Å²) in [6.07, 6.45) is 0. The molecule has 0 aliphatic rings. The molecule has 0 bridgehead atoms. The molecule has 1 heterocycles. The lowest BCUT2D eigenvalue weighted by atomic mass is 10.3. The van der Waals surface area contributed by atoms with Gasteiger partial charge in [0.05, 0.1) is 6.61 Å². The summed E-state index contributed by atoms with van der Waals surface area (Å²) in [6, 6.07) is 7.91. The fraction of sp³-hybridized carbons (Fsp3) is 0.286. The van der Waals surface area contributed by atoms with Crippen LogP contribution in [0.15, 0.2) is 39.6 Å². The SMILES string of the molecule is CCOc1ccc(NS(=O)(=O)c2cc(CO)oc2C)cc1. The normalized spacial score (nSPS) is 11.4. The van der Waals surface area contributed by atoms with Crippen LogP contribution in [0, 0.1) is 6.92 Å². The molecule has 7 heteroatoms. The Kier molecular flexibility index (Phi) is 4.54. The molecular formula is C14H17NO5S. The fourth-order valence-corrected chi connectivity index (χ4v) is 3.13. The Morgan fingerprint density at radius 1 is 1.29 bits per heavy atom. The van der Waals surface area contributed by atoms with Crippen LogP contribution in [0.3, 0.4) is 0 Å². The molecule has 0 spiro atoms. The van der Waals surface area contributed by atoms with Crippen LogP contribution in [0.4, 0.5) is 5.69 Å². The zero-order chi connectivity index (χ0) is 15.5. The summed E-state index contributed by atoms with van der Waals surface area (Å²) in [4.78, 5) is 0.0143. The number of nitrogens with one attached hydrogen (secondary N) is 1. The largest absolute Gasteiger partial charge is 0.494 e. The Morgan fingerprint density at radius 3 is 2.48 bits per heavy atom. The summed E-state index contributed by atoms with van der Waals surface area (Å²) in [6.45, 7) is 3.60. The number of rotatable bonds is 6.